The number of rotatable bonds is 39. The summed E-state index contributed by atoms with van der Waals surface area (Å²) in [5, 5.41) is 0. The number of allylic oxidation sites excluding steroid dienone is 10. The van der Waals surface area contributed by atoms with Gasteiger partial charge in [0.2, 0.25) is 0 Å². The summed E-state index contributed by atoms with van der Waals surface area (Å²) in [6, 6.07) is 0. The number of phosphoric acid groups is 1. The number of likely N-dealkylation sites (N-methyl/N-ethyl adjacent to an activating group) is 1. The SMILES string of the molecule is CC/C=C\C/C=C\C/C=C\C/C=C\C/C=C\CCCCCCCCCCCCOCC(COP(=O)([O-])OCC[N+](C)(C)C)OC(=O)CCCCCCCC. The van der Waals surface area contributed by atoms with Crippen molar-refractivity contribution in [2.75, 3.05) is 54.1 Å². The van der Waals surface area contributed by atoms with Crippen LogP contribution in [0, 0.1) is 0 Å². The van der Waals surface area contributed by atoms with Crippen LogP contribution in [0.1, 0.15) is 162 Å². The van der Waals surface area contributed by atoms with Gasteiger partial charge in [-0.1, -0.05) is 158 Å². The van der Waals surface area contributed by atoms with E-state index in [-0.39, 0.29) is 25.8 Å². The van der Waals surface area contributed by atoms with Crippen molar-refractivity contribution in [2.45, 2.75) is 168 Å². The lowest BCUT2D eigenvalue weighted by molar-refractivity contribution is -0.870. The zero-order chi connectivity index (χ0) is 39.9. The molecule has 0 aliphatic rings. The molecule has 0 aromatic carbocycles. The third-order valence-electron chi connectivity index (χ3n) is 8.83. The fourth-order valence-corrected chi connectivity index (χ4v) is 6.24. The molecule has 54 heavy (non-hydrogen) atoms. The van der Waals surface area contributed by atoms with E-state index in [1.807, 2.05) is 21.1 Å². The fourth-order valence-electron chi connectivity index (χ4n) is 5.51. The maximum atomic E-state index is 12.5. The van der Waals surface area contributed by atoms with Crippen LogP contribution in [0.15, 0.2) is 60.8 Å². The number of hydrogen-bond donors (Lipinski definition) is 0. The molecule has 0 radical (unpaired) electrons. The van der Waals surface area contributed by atoms with Gasteiger partial charge in [-0.3, -0.25) is 9.36 Å². The highest BCUT2D eigenvalue weighted by Gasteiger charge is 2.20. The second-order valence-corrected chi connectivity index (χ2v) is 16.7. The van der Waals surface area contributed by atoms with E-state index in [9.17, 15) is 14.3 Å². The molecule has 0 heterocycles. The van der Waals surface area contributed by atoms with Crippen LogP contribution in [0.5, 0.6) is 0 Å². The molecule has 0 rings (SSSR count). The second-order valence-electron chi connectivity index (χ2n) is 15.3. The molecule has 8 nitrogen and oxygen atoms in total. The second kappa shape index (κ2) is 38.1. The van der Waals surface area contributed by atoms with Crippen LogP contribution < -0.4 is 4.89 Å². The Morgan fingerprint density at radius 3 is 1.61 bits per heavy atom. The number of esters is 1. The summed E-state index contributed by atoms with van der Waals surface area (Å²) in [4.78, 5) is 24.8. The Morgan fingerprint density at radius 2 is 1.07 bits per heavy atom. The average Bonchev–Trinajstić information content (AvgIpc) is 3.12. The summed E-state index contributed by atoms with van der Waals surface area (Å²) in [5.74, 6) is -0.348. The predicted octanol–water partition coefficient (Wildman–Crippen LogP) is 11.9. The van der Waals surface area contributed by atoms with Crippen molar-refractivity contribution in [3.63, 3.8) is 0 Å². The van der Waals surface area contributed by atoms with Gasteiger partial charge in [0.15, 0.2) is 0 Å². The van der Waals surface area contributed by atoms with Crippen LogP contribution in [0.3, 0.4) is 0 Å². The van der Waals surface area contributed by atoms with Crippen LogP contribution in [0.25, 0.3) is 0 Å². The van der Waals surface area contributed by atoms with Gasteiger partial charge >= 0.3 is 5.97 Å². The van der Waals surface area contributed by atoms with Gasteiger partial charge in [-0.25, -0.2) is 0 Å². The van der Waals surface area contributed by atoms with E-state index in [1.165, 1.54) is 77.0 Å². The van der Waals surface area contributed by atoms with E-state index >= 15 is 0 Å². The smallest absolute Gasteiger partial charge is 0.306 e. The fraction of sp³-hybridized carbons (Fsp3) is 0.756. The van der Waals surface area contributed by atoms with Crippen molar-refractivity contribution < 1.29 is 37.3 Å². The molecule has 0 bridgehead atoms. The zero-order valence-corrected chi connectivity index (χ0v) is 36.3. The largest absolute Gasteiger partial charge is 0.756 e. The van der Waals surface area contributed by atoms with Crippen LogP contribution in [0.2, 0.25) is 0 Å². The third-order valence-corrected chi connectivity index (χ3v) is 9.80. The van der Waals surface area contributed by atoms with E-state index in [0.29, 0.717) is 24.1 Å². The molecule has 2 atom stereocenters. The standard InChI is InChI=1S/C45H82NO7P/c1-6-8-10-12-14-15-16-17-18-19-20-21-22-23-24-25-26-27-28-29-30-31-32-33-35-37-40-50-42-44(53-45(47)38-36-34-13-11-9-7-2)43-52-54(48,49)51-41-39-46(3,4)5/h8,10,14-15,17-18,20-21,23-24,44H,6-7,9,11-13,16,19,22,25-43H2,1-5H3/b10-8-,15-14-,18-17-,21-20-,24-23-. The van der Waals surface area contributed by atoms with Crippen LogP contribution >= 0.6 is 7.82 Å². The van der Waals surface area contributed by atoms with Crippen molar-refractivity contribution in [1.29, 1.82) is 0 Å². The molecule has 0 amide bonds. The first kappa shape index (κ1) is 52.2. The first-order valence-electron chi connectivity index (χ1n) is 21.5. The van der Waals surface area contributed by atoms with E-state index in [4.69, 9.17) is 18.5 Å². The van der Waals surface area contributed by atoms with Gasteiger partial charge in [-0.05, 0) is 57.8 Å². The molecular weight excluding hydrogens is 697 g/mol. The molecule has 0 aromatic heterocycles. The molecule has 314 valence electrons. The van der Waals surface area contributed by atoms with Crippen molar-refractivity contribution >= 4 is 13.8 Å². The van der Waals surface area contributed by atoms with Crippen molar-refractivity contribution in [3.8, 4) is 0 Å². The Bertz CT molecular complexity index is 1050. The first-order valence-corrected chi connectivity index (χ1v) is 23.0. The Morgan fingerprint density at radius 1 is 0.593 bits per heavy atom. The molecule has 0 aliphatic carbocycles. The minimum Gasteiger partial charge on any atom is -0.756 e. The number of carbonyl (C=O) groups excluding carboxylic acids is 1. The quantitative estimate of drug-likeness (QED) is 0.0202. The van der Waals surface area contributed by atoms with Crippen molar-refractivity contribution in [3.05, 3.63) is 60.8 Å². The molecule has 0 spiro atoms. The molecular formula is C45H82NO7P. The molecule has 9 heteroatoms. The van der Waals surface area contributed by atoms with Gasteiger partial charge in [0, 0.05) is 13.0 Å². The molecule has 0 N–H and O–H groups in total. The number of quaternary nitrogens is 1. The van der Waals surface area contributed by atoms with Gasteiger partial charge in [0.25, 0.3) is 7.82 Å². The number of phosphoric ester groups is 1. The molecule has 0 aliphatic heterocycles. The number of carbonyl (C=O) groups is 1. The molecule has 2 unspecified atom stereocenters. The summed E-state index contributed by atoms with van der Waals surface area (Å²) < 4.78 is 34.4. The lowest BCUT2D eigenvalue weighted by Gasteiger charge is -2.28. The zero-order valence-electron chi connectivity index (χ0n) is 35.4. The molecule has 0 saturated carbocycles. The summed E-state index contributed by atoms with van der Waals surface area (Å²) in [5.41, 5.74) is 0. The summed E-state index contributed by atoms with van der Waals surface area (Å²) in [6.07, 6.45) is 47.0. The Kier molecular flexibility index (Phi) is 36.8. The highest BCUT2D eigenvalue weighted by molar-refractivity contribution is 7.45. The molecule has 0 fully saturated rings. The molecule has 0 aromatic rings. The van der Waals surface area contributed by atoms with E-state index < -0.39 is 13.9 Å². The maximum absolute atomic E-state index is 12.5. The van der Waals surface area contributed by atoms with Gasteiger partial charge < -0.3 is 27.9 Å². The summed E-state index contributed by atoms with van der Waals surface area (Å²) in [7, 11) is 1.35. The third kappa shape index (κ3) is 41.4. The maximum Gasteiger partial charge on any atom is 0.306 e. The summed E-state index contributed by atoms with van der Waals surface area (Å²) >= 11 is 0. The van der Waals surface area contributed by atoms with E-state index in [0.717, 1.165) is 64.2 Å². The Balaban J connectivity index is 3.99. The van der Waals surface area contributed by atoms with Crippen molar-refractivity contribution in [1.82, 2.24) is 0 Å². The van der Waals surface area contributed by atoms with Gasteiger partial charge in [0.1, 0.15) is 19.3 Å². The predicted molar refractivity (Wildman–Crippen MR) is 226 cm³/mol. The minimum atomic E-state index is -4.51. The topological polar surface area (TPSA) is 94.1 Å². The van der Waals surface area contributed by atoms with Crippen LogP contribution in [0.4, 0.5) is 0 Å². The number of hydrogen-bond acceptors (Lipinski definition) is 7. The Hall–Kier alpha value is -1.80. The monoisotopic (exact) mass is 780 g/mol. The number of unbranched alkanes of at least 4 members (excludes halogenated alkanes) is 15. The normalized spacial score (nSPS) is 14.4. The van der Waals surface area contributed by atoms with Crippen LogP contribution in [-0.2, 0) is 27.9 Å². The van der Waals surface area contributed by atoms with Gasteiger partial charge in [0.05, 0.1) is 34.4 Å². The number of ether oxygens (including phenoxy) is 2. The average molecular weight is 780 g/mol. The Labute approximate surface area is 332 Å². The highest BCUT2D eigenvalue weighted by atomic mass is 31.2. The van der Waals surface area contributed by atoms with E-state index in [1.54, 1.807) is 0 Å². The highest BCUT2D eigenvalue weighted by Crippen LogP contribution is 2.38. The van der Waals surface area contributed by atoms with Crippen molar-refractivity contribution in [2.24, 2.45) is 0 Å². The minimum absolute atomic E-state index is 0.0235. The van der Waals surface area contributed by atoms with Crippen LogP contribution in [-0.4, -0.2) is 70.7 Å². The summed E-state index contributed by atoms with van der Waals surface area (Å²) in [6.45, 7) is 5.21. The lowest BCUT2D eigenvalue weighted by atomic mass is 10.1. The lowest BCUT2D eigenvalue weighted by Crippen LogP contribution is -2.37. The first-order chi connectivity index (χ1) is 26.1. The van der Waals surface area contributed by atoms with Gasteiger partial charge in [-0.15, -0.1) is 0 Å². The van der Waals surface area contributed by atoms with Gasteiger partial charge in [-0.2, -0.15) is 0 Å². The number of nitrogens with zero attached hydrogens (tertiary/aromatic N) is 1. The molecule has 0 saturated heterocycles. The van der Waals surface area contributed by atoms with E-state index in [2.05, 4.69) is 74.6 Å².